The maximum Gasteiger partial charge on any atom is 0.339 e. The van der Waals surface area contributed by atoms with E-state index in [-0.39, 0.29) is 24.2 Å². The largest absolute Gasteiger partial charge is 0.478 e. The molecular weight excluding hydrogens is 262 g/mol. The minimum absolute atomic E-state index is 0.123. The van der Waals surface area contributed by atoms with Crippen molar-refractivity contribution in [1.29, 1.82) is 0 Å². The molecule has 0 unspecified atom stereocenters. The molecular formula is C13H19N3O4. The Kier molecular flexibility index (Phi) is 4.29. The average molecular weight is 281 g/mol. The zero-order chi connectivity index (χ0) is 14.7. The number of rotatable bonds is 3. The van der Waals surface area contributed by atoms with E-state index >= 15 is 0 Å². The summed E-state index contributed by atoms with van der Waals surface area (Å²) in [6, 6.07) is 1.43. The monoisotopic (exact) mass is 281 g/mol. The van der Waals surface area contributed by atoms with Gasteiger partial charge >= 0.3 is 12.0 Å². The molecule has 1 fully saturated rings. The summed E-state index contributed by atoms with van der Waals surface area (Å²) in [5.41, 5.74) is 5.90. The Morgan fingerprint density at radius 3 is 2.70 bits per heavy atom. The number of likely N-dealkylation sites (tertiary alicyclic amines) is 1. The molecule has 0 saturated carbocycles. The van der Waals surface area contributed by atoms with Crippen molar-refractivity contribution in [2.24, 2.45) is 5.73 Å². The number of urea groups is 1. The number of aromatic carboxylic acids is 1. The number of hydrogen-bond donors (Lipinski definition) is 3. The van der Waals surface area contributed by atoms with Crippen LogP contribution in [-0.2, 0) is 6.54 Å². The molecule has 0 aromatic carbocycles. The summed E-state index contributed by atoms with van der Waals surface area (Å²) < 4.78 is 5.30. The SMILES string of the molecule is Cc1oc(CNC(=O)N2CCC(N)CC2)cc1C(=O)O. The van der Waals surface area contributed by atoms with Gasteiger partial charge in [-0.2, -0.15) is 0 Å². The van der Waals surface area contributed by atoms with Gasteiger partial charge in [0.1, 0.15) is 17.1 Å². The van der Waals surface area contributed by atoms with Gasteiger partial charge in [-0.05, 0) is 25.8 Å². The molecule has 4 N–H and O–H groups in total. The van der Waals surface area contributed by atoms with Crippen molar-refractivity contribution in [2.75, 3.05) is 13.1 Å². The molecule has 2 rings (SSSR count). The van der Waals surface area contributed by atoms with Crippen LogP contribution in [-0.4, -0.2) is 41.1 Å². The number of nitrogens with one attached hydrogen (secondary N) is 1. The molecule has 1 aromatic heterocycles. The van der Waals surface area contributed by atoms with Gasteiger partial charge in [-0.15, -0.1) is 0 Å². The van der Waals surface area contributed by atoms with Crippen molar-refractivity contribution < 1.29 is 19.1 Å². The molecule has 1 aromatic rings. The minimum Gasteiger partial charge on any atom is -0.478 e. The molecule has 0 atom stereocenters. The number of nitrogens with zero attached hydrogens (tertiary/aromatic N) is 1. The number of carbonyl (C=O) groups is 2. The van der Waals surface area contributed by atoms with Crippen molar-refractivity contribution in [2.45, 2.75) is 32.4 Å². The number of carboxylic acid groups (broad SMARTS) is 1. The second kappa shape index (κ2) is 5.96. The highest BCUT2D eigenvalue weighted by molar-refractivity contribution is 5.88. The molecule has 2 amide bonds. The lowest BCUT2D eigenvalue weighted by atomic mass is 10.1. The molecule has 1 aliphatic heterocycles. The van der Waals surface area contributed by atoms with Crippen molar-refractivity contribution in [1.82, 2.24) is 10.2 Å². The van der Waals surface area contributed by atoms with Gasteiger partial charge in [0.05, 0.1) is 6.54 Å². The molecule has 110 valence electrons. The van der Waals surface area contributed by atoms with Gasteiger partial charge in [-0.3, -0.25) is 0 Å². The number of carboxylic acids is 1. The van der Waals surface area contributed by atoms with Gasteiger partial charge in [0.15, 0.2) is 0 Å². The van der Waals surface area contributed by atoms with Crippen molar-refractivity contribution in [3.8, 4) is 0 Å². The molecule has 7 heteroatoms. The summed E-state index contributed by atoms with van der Waals surface area (Å²) >= 11 is 0. The molecule has 0 radical (unpaired) electrons. The fraction of sp³-hybridized carbons (Fsp3) is 0.538. The van der Waals surface area contributed by atoms with E-state index in [1.165, 1.54) is 6.07 Å². The Morgan fingerprint density at radius 2 is 2.15 bits per heavy atom. The van der Waals surface area contributed by atoms with Crippen LogP contribution >= 0.6 is 0 Å². The number of aryl methyl sites for hydroxylation is 1. The summed E-state index contributed by atoms with van der Waals surface area (Å²) in [6.07, 6.45) is 1.60. The Labute approximate surface area is 116 Å². The number of piperidine rings is 1. The third-order valence-electron chi connectivity index (χ3n) is 3.44. The Hall–Kier alpha value is -2.02. The molecule has 2 heterocycles. The third kappa shape index (κ3) is 3.30. The first kappa shape index (κ1) is 14.4. The first-order valence-corrected chi connectivity index (χ1v) is 6.58. The van der Waals surface area contributed by atoms with E-state index in [1.807, 2.05) is 0 Å². The Bertz CT molecular complexity index is 504. The normalized spacial score (nSPS) is 16.2. The zero-order valence-corrected chi connectivity index (χ0v) is 11.4. The first-order chi connectivity index (χ1) is 9.47. The molecule has 1 saturated heterocycles. The predicted molar refractivity (Wildman–Crippen MR) is 71.4 cm³/mol. The second-order valence-electron chi connectivity index (χ2n) is 4.97. The number of amides is 2. The Morgan fingerprint density at radius 1 is 1.50 bits per heavy atom. The number of hydrogen-bond acceptors (Lipinski definition) is 4. The zero-order valence-electron chi connectivity index (χ0n) is 11.4. The summed E-state index contributed by atoms with van der Waals surface area (Å²) in [5, 5.41) is 11.6. The molecule has 0 aliphatic carbocycles. The van der Waals surface area contributed by atoms with Crippen LogP contribution in [0, 0.1) is 6.92 Å². The molecule has 7 nitrogen and oxygen atoms in total. The van der Waals surface area contributed by atoms with E-state index in [2.05, 4.69) is 5.32 Å². The van der Waals surface area contributed by atoms with Gasteiger partial charge in [-0.1, -0.05) is 0 Å². The van der Waals surface area contributed by atoms with Crippen LogP contribution in [0.4, 0.5) is 4.79 Å². The summed E-state index contributed by atoms with van der Waals surface area (Å²) in [5.74, 6) is -0.262. The number of nitrogens with two attached hydrogens (primary N) is 1. The van der Waals surface area contributed by atoms with Crippen LogP contribution < -0.4 is 11.1 Å². The summed E-state index contributed by atoms with van der Waals surface area (Å²) in [6.45, 7) is 3.05. The van der Waals surface area contributed by atoms with Crippen molar-refractivity contribution in [3.05, 3.63) is 23.2 Å². The second-order valence-corrected chi connectivity index (χ2v) is 4.97. The van der Waals surface area contributed by atoms with E-state index in [0.29, 0.717) is 24.6 Å². The van der Waals surface area contributed by atoms with Gasteiger partial charge in [-0.25, -0.2) is 9.59 Å². The van der Waals surface area contributed by atoms with E-state index < -0.39 is 5.97 Å². The summed E-state index contributed by atoms with van der Waals surface area (Å²) in [4.78, 5) is 24.5. The smallest absolute Gasteiger partial charge is 0.339 e. The highest BCUT2D eigenvalue weighted by atomic mass is 16.4. The maximum absolute atomic E-state index is 11.9. The molecule has 0 bridgehead atoms. The van der Waals surface area contributed by atoms with Crippen LogP contribution in [0.3, 0.4) is 0 Å². The molecule has 1 aliphatic rings. The van der Waals surface area contributed by atoms with Crippen LogP contribution in [0.15, 0.2) is 10.5 Å². The topological polar surface area (TPSA) is 109 Å². The third-order valence-corrected chi connectivity index (χ3v) is 3.44. The lowest BCUT2D eigenvalue weighted by Gasteiger charge is -2.30. The fourth-order valence-electron chi connectivity index (χ4n) is 2.22. The predicted octanol–water partition coefficient (Wildman–Crippen LogP) is 0.919. The number of carbonyl (C=O) groups excluding carboxylic acids is 1. The summed E-state index contributed by atoms with van der Waals surface area (Å²) in [7, 11) is 0. The number of furan rings is 1. The first-order valence-electron chi connectivity index (χ1n) is 6.58. The van der Waals surface area contributed by atoms with E-state index in [0.717, 1.165) is 12.8 Å². The standard InChI is InChI=1S/C13H19N3O4/c1-8-11(12(17)18)6-10(20-8)7-15-13(19)16-4-2-9(14)3-5-16/h6,9H,2-5,7,14H2,1H3,(H,15,19)(H,17,18). The van der Waals surface area contributed by atoms with Crippen LogP contribution in [0.5, 0.6) is 0 Å². The fourth-order valence-corrected chi connectivity index (χ4v) is 2.22. The van der Waals surface area contributed by atoms with Crippen LogP contribution in [0.1, 0.15) is 34.7 Å². The van der Waals surface area contributed by atoms with Crippen LogP contribution in [0.25, 0.3) is 0 Å². The maximum atomic E-state index is 11.9. The van der Waals surface area contributed by atoms with E-state index in [9.17, 15) is 9.59 Å². The van der Waals surface area contributed by atoms with E-state index in [4.69, 9.17) is 15.3 Å². The van der Waals surface area contributed by atoms with Gasteiger partial charge in [0.2, 0.25) is 0 Å². The van der Waals surface area contributed by atoms with Crippen molar-refractivity contribution >= 4 is 12.0 Å². The lowest BCUT2D eigenvalue weighted by Crippen LogP contribution is -2.46. The molecule has 20 heavy (non-hydrogen) atoms. The van der Waals surface area contributed by atoms with Gasteiger partial charge < -0.3 is 25.5 Å². The van der Waals surface area contributed by atoms with Gasteiger partial charge in [0.25, 0.3) is 0 Å². The lowest BCUT2D eigenvalue weighted by molar-refractivity contribution is 0.0695. The Balaban J connectivity index is 1.87. The van der Waals surface area contributed by atoms with Gasteiger partial charge in [0, 0.05) is 19.1 Å². The average Bonchev–Trinajstić information content (AvgIpc) is 2.78. The minimum atomic E-state index is -1.03. The molecule has 0 spiro atoms. The van der Waals surface area contributed by atoms with Crippen LogP contribution in [0.2, 0.25) is 0 Å². The van der Waals surface area contributed by atoms with Crippen molar-refractivity contribution in [3.63, 3.8) is 0 Å². The quantitative estimate of drug-likeness (QED) is 0.763. The van der Waals surface area contributed by atoms with E-state index in [1.54, 1.807) is 11.8 Å². The highest BCUT2D eigenvalue weighted by Gasteiger charge is 2.21. The highest BCUT2D eigenvalue weighted by Crippen LogP contribution is 2.15.